The maximum atomic E-state index is 12.4. The molecule has 33 heavy (non-hydrogen) atoms. The third kappa shape index (κ3) is 4.14. The lowest BCUT2D eigenvalue weighted by molar-refractivity contribution is 0.249. The lowest BCUT2D eigenvalue weighted by Gasteiger charge is -2.36. The number of aromatic amines is 1. The maximum Gasteiger partial charge on any atom is 0.252 e. The van der Waals surface area contributed by atoms with Crippen LogP contribution in [0.25, 0.3) is 22.4 Å². The molecule has 1 saturated carbocycles. The number of anilines is 1. The molecule has 0 unspecified atom stereocenters. The highest BCUT2D eigenvalue weighted by molar-refractivity contribution is 5.75. The van der Waals surface area contributed by atoms with Crippen LogP contribution in [0.1, 0.15) is 29.9 Å². The van der Waals surface area contributed by atoms with Gasteiger partial charge in [0.15, 0.2) is 0 Å². The first kappa shape index (κ1) is 20.1. The molecule has 8 heteroatoms. The Morgan fingerprint density at radius 1 is 1.00 bits per heavy atom. The molecule has 1 N–H and O–H groups in total. The van der Waals surface area contributed by atoms with Crippen molar-refractivity contribution < 1.29 is 0 Å². The van der Waals surface area contributed by atoms with Crippen molar-refractivity contribution in [1.82, 2.24) is 29.4 Å². The molecule has 5 heterocycles. The average molecular weight is 442 g/mol. The molecule has 0 aromatic carbocycles. The van der Waals surface area contributed by atoms with Crippen LogP contribution >= 0.6 is 0 Å². The van der Waals surface area contributed by atoms with Gasteiger partial charge in [-0.2, -0.15) is 0 Å². The van der Waals surface area contributed by atoms with Crippen LogP contribution in [-0.2, 0) is 13.6 Å². The highest BCUT2D eigenvalue weighted by Crippen LogP contribution is 2.38. The molecular weight excluding hydrogens is 414 g/mol. The number of hydrogen-bond acceptors (Lipinski definition) is 6. The highest BCUT2D eigenvalue weighted by atomic mass is 16.1. The number of aryl methyl sites for hydroxylation is 1. The second-order valence-electron chi connectivity index (χ2n) is 9.19. The number of aromatic nitrogens is 5. The molecule has 2 fully saturated rings. The Labute approximate surface area is 191 Å². The van der Waals surface area contributed by atoms with Crippen LogP contribution in [0.3, 0.4) is 0 Å². The molecular formula is C25H27N7O. The zero-order chi connectivity index (χ0) is 22.4. The number of rotatable bonds is 5. The minimum atomic E-state index is 0.0419. The number of nitrogens with zero attached hydrogens (tertiary/aromatic N) is 6. The molecule has 168 valence electrons. The van der Waals surface area contributed by atoms with Gasteiger partial charge in [0.05, 0.1) is 34.9 Å². The van der Waals surface area contributed by atoms with Crippen molar-refractivity contribution in [1.29, 1.82) is 0 Å². The summed E-state index contributed by atoms with van der Waals surface area (Å²) in [5, 5.41) is 0. The number of piperazine rings is 1. The molecule has 0 spiro atoms. The van der Waals surface area contributed by atoms with Gasteiger partial charge in [-0.25, -0.2) is 4.98 Å². The third-order valence-electron chi connectivity index (χ3n) is 6.65. The molecule has 0 atom stereocenters. The van der Waals surface area contributed by atoms with Gasteiger partial charge in [0.1, 0.15) is 5.69 Å². The maximum absolute atomic E-state index is 12.4. The minimum Gasteiger partial charge on any atom is -0.368 e. The van der Waals surface area contributed by atoms with Crippen LogP contribution < -0.4 is 10.5 Å². The molecule has 6 rings (SSSR count). The predicted octanol–water partition coefficient (Wildman–Crippen LogP) is 2.92. The van der Waals surface area contributed by atoms with Crippen molar-refractivity contribution in [2.45, 2.75) is 25.3 Å². The number of imidazole rings is 1. The van der Waals surface area contributed by atoms with Crippen LogP contribution in [0.5, 0.6) is 0 Å². The van der Waals surface area contributed by atoms with Gasteiger partial charge in [-0.05, 0) is 48.6 Å². The van der Waals surface area contributed by atoms with E-state index in [1.807, 2.05) is 42.3 Å². The Hall–Kier alpha value is -3.52. The van der Waals surface area contributed by atoms with Crippen molar-refractivity contribution in [3.8, 4) is 11.4 Å². The van der Waals surface area contributed by atoms with Crippen molar-refractivity contribution in [2.24, 2.45) is 7.05 Å². The summed E-state index contributed by atoms with van der Waals surface area (Å²) in [6, 6.07) is 8.22. The summed E-state index contributed by atoms with van der Waals surface area (Å²) in [5.41, 5.74) is 6.71. The Kier molecular flexibility index (Phi) is 4.95. The van der Waals surface area contributed by atoms with Crippen LogP contribution in [0, 0.1) is 0 Å². The predicted molar refractivity (Wildman–Crippen MR) is 128 cm³/mol. The summed E-state index contributed by atoms with van der Waals surface area (Å²) in [6.45, 7) is 4.68. The van der Waals surface area contributed by atoms with E-state index in [1.165, 1.54) is 0 Å². The van der Waals surface area contributed by atoms with Gasteiger partial charge >= 0.3 is 0 Å². The van der Waals surface area contributed by atoms with E-state index >= 15 is 0 Å². The van der Waals surface area contributed by atoms with Gasteiger partial charge in [-0.3, -0.25) is 19.7 Å². The summed E-state index contributed by atoms with van der Waals surface area (Å²) in [4.78, 5) is 33.9. The quantitative estimate of drug-likeness (QED) is 0.513. The van der Waals surface area contributed by atoms with Gasteiger partial charge in [0.25, 0.3) is 5.56 Å². The third-order valence-corrected chi connectivity index (χ3v) is 6.65. The number of pyridine rings is 3. The topological polar surface area (TPSA) is 82.9 Å². The molecule has 2 aliphatic rings. The number of H-pyrrole nitrogens is 1. The second-order valence-corrected chi connectivity index (χ2v) is 9.19. The van der Waals surface area contributed by atoms with Crippen molar-refractivity contribution >= 4 is 16.7 Å². The molecule has 1 aliphatic carbocycles. The molecule has 8 nitrogen and oxygen atoms in total. The van der Waals surface area contributed by atoms with Crippen LogP contribution in [0.2, 0.25) is 0 Å². The van der Waals surface area contributed by atoms with E-state index in [2.05, 4.69) is 41.9 Å². The number of fused-ring (bicyclic) bond motifs is 1. The first-order valence-electron chi connectivity index (χ1n) is 11.6. The van der Waals surface area contributed by atoms with Gasteiger partial charge in [-0.15, -0.1) is 0 Å². The Morgan fingerprint density at radius 3 is 2.55 bits per heavy atom. The molecule has 1 aliphatic heterocycles. The fourth-order valence-electron chi connectivity index (χ4n) is 4.62. The Bertz CT molecular complexity index is 1350. The average Bonchev–Trinajstić information content (AvgIpc) is 3.59. The molecule has 0 radical (unpaired) electrons. The normalized spacial score (nSPS) is 17.1. The minimum absolute atomic E-state index is 0.0419. The number of nitrogens with one attached hydrogen (secondary N) is 1. The van der Waals surface area contributed by atoms with E-state index in [4.69, 9.17) is 0 Å². The van der Waals surface area contributed by atoms with E-state index in [1.54, 1.807) is 6.33 Å². The summed E-state index contributed by atoms with van der Waals surface area (Å²) >= 11 is 0. The standard InChI is InChI=1S/C25H27N7O/c1-30-15-24(28-16-30)21-5-4-19(13-27-21)32-8-6-31(7-9-32)14-17-10-23-22(26-12-17)11-20(18-2-3-18)25(33)29-23/h4-5,10-13,15-16,18H,2-3,6-9,14H2,1H3,(H,29,33). The molecule has 0 amide bonds. The van der Waals surface area contributed by atoms with Crippen molar-refractivity contribution in [3.63, 3.8) is 0 Å². The van der Waals surface area contributed by atoms with Crippen LogP contribution in [-0.4, -0.2) is 55.6 Å². The summed E-state index contributed by atoms with van der Waals surface area (Å²) in [7, 11) is 1.96. The zero-order valence-corrected chi connectivity index (χ0v) is 18.7. The summed E-state index contributed by atoms with van der Waals surface area (Å²) in [6.07, 6.45) is 9.89. The van der Waals surface area contributed by atoms with Crippen LogP contribution in [0.15, 0.2) is 54.0 Å². The van der Waals surface area contributed by atoms with Crippen LogP contribution in [0.4, 0.5) is 5.69 Å². The van der Waals surface area contributed by atoms with E-state index in [-0.39, 0.29) is 5.56 Å². The second kappa shape index (κ2) is 8.12. The zero-order valence-electron chi connectivity index (χ0n) is 18.7. The highest BCUT2D eigenvalue weighted by Gasteiger charge is 2.26. The van der Waals surface area contributed by atoms with Crippen molar-refractivity contribution in [3.05, 3.63) is 70.7 Å². The van der Waals surface area contributed by atoms with Crippen molar-refractivity contribution in [2.75, 3.05) is 31.1 Å². The van der Waals surface area contributed by atoms with Gasteiger partial charge in [0.2, 0.25) is 0 Å². The Morgan fingerprint density at radius 2 is 1.85 bits per heavy atom. The van der Waals surface area contributed by atoms with E-state index in [0.29, 0.717) is 5.92 Å². The molecule has 0 bridgehead atoms. The van der Waals surface area contributed by atoms with E-state index in [0.717, 1.165) is 84.8 Å². The summed E-state index contributed by atoms with van der Waals surface area (Å²) < 4.78 is 1.93. The SMILES string of the molecule is Cn1cnc(-c2ccc(N3CCN(Cc4cnc5cc(C6CC6)c(=O)[nH]c5c4)CC3)cn2)c1. The fraction of sp³-hybridized carbons (Fsp3) is 0.360. The smallest absolute Gasteiger partial charge is 0.252 e. The van der Waals surface area contributed by atoms with Gasteiger partial charge in [0, 0.05) is 57.7 Å². The number of hydrogen-bond donors (Lipinski definition) is 1. The lowest BCUT2D eigenvalue weighted by atomic mass is 10.1. The van der Waals surface area contributed by atoms with E-state index < -0.39 is 0 Å². The molecule has 1 saturated heterocycles. The van der Waals surface area contributed by atoms with Gasteiger partial charge in [-0.1, -0.05) is 0 Å². The fourth-order valence-corrected chi connectivity index (χ4v) is 4.62. The van der Waals surface area contributed by atoms with E-state index in [9.17, 15) is 4.79 Å². The largest absolute Gasteiger partial charge is 0.368 e. The summed E-state index contributed by atoms with van der Waals surface area (Å²) in [5.74, 6) is 0.428. The Balaban J connectivity index is 1.09. The molecule has 4 aromatic rings. The first-order chi connectivity index (χ1) is 16.1. The monoisotopic (exact) mass is 441 g/mol. The molecule has 4 aromatic heterocycles. The van der Waals surface area contributed by atoms with Gasteiger partial charge < -0.3 is 14.5 Å². The lowest BCUT2D eigenvalue weighted by Crippen LogP contribution is -2.46. The first-order valence-corrected chi connectivity index (χ1v) is 11.6.